The lowest BCUT2D eigenvalue weighted by atomic mass is 10.3. The van der Waals surface area contributed by atoms with Crippen molar-refractivity contribution in [2.24, 2.45) is 0 Å². The van der Waals surface area contributed by atoms with Gasteiger partial charge in [-0.25, -0.2) is 9.37 Å². The van der Waals surface area contributed by atoms with Gasteiger partial charge in [0.15, 0.2) is 0 Å². The molecule has 0 aliphatic heterocycles. The van der Waals surface area contributed by atoms with Gasteiger partial charge in [0.25, 0.3) is 0 Å². The second kappa shape index (κ2) is 4.94. The van der Waals surface area contributed by atoms with E-state index in [2.05, 4.69) is 21.0 Å². The third kappa shape index (κ3) is 2.38. The van der Waals surface area contributed by atoms with Crippen LogP contribution in [0.3, 0.4) is 0 Å². The van der Waals surface area contributed by atoms with Crippen LogP contribution in [0.2, 0.25) is 0 Å². The van der Waals surface area contributed by atoms with E-state index in [0.717, 1.165) is 11.3 Å². The van der Waals surface area contributed by atoms with Gasteiger partial charge in [-0.05, 0) is 41.4 Å². The van der Waals surface area contributed by atoms with Gasteiger partial charge in [0.05, 0.1) is 23.0 Å². The van der Waals surface area contributed by atoms with E-state index >= 15 is 0 Å². The third-order valence-corrected chi connectivity index (χ3v) is 3.94. The molecule has 0 saturated heterocycles. The molecule has 0 amide bonds. The Kier molecular flexibility index (Phi) is 3.29. The van der Waals surface area contributed by atoms with Gasteiger partial charge in [-0.15, -0.1) is 11.6 Å². The number of hydrogen-bond donors (Lipinski definition) is 0. The molecule has 2 aromatic heterocycles. The van der Waals surface area contributed by atoms with E-state index in [9.17, 15) is 4.39 Å². The Balaban J connectivity index is 2.16. The third-order valence-electron chi connectivity index (χ3n) is 3.02. The van der Waals surface area contributed by atoms with Crippen molar-refractivity contribution in [2.45, 2.75) is 18.8 Å². The van der Waals surface area contributed by atoms with Crippen LogP contribution in [0.5, 0.6) is 0 Å². The van der Waals surface area contributed by atoms with Crippen LogP contribution in [0.4, 0.5) is 4.39 Å². The van der Waals surface area contributed by atoms with Crippen LogP contribution in [-0.2, 0) is 6.54 Å². The Hall–Kier alpha value is -1.39. The maximum Gasteiger partial charge on any atom is 0.128 e. The highest BCUT2D eigenvalue weighted by atomic mass is 35.5. The lowest BCUT2D eigenvalue weighted by Crippen LogP contribution is -2.05. The van der Waals surface area contributed by atoms with E-state index in [1.165, 1.54) is 17.7 Å². The molecule has 5 heteroatoms. The number of aromatic nitrogens is 2. The lowest BCUT2D eigenvalue weighted by molar-refractivity contribution is 0.629. The van der Waals surface area contributed by atoms with Crippen LogP contribution < -0.4 is 0 Å². The van der Waals surface area contributed by atoms with Crippen molar-refractivity contribution < 1.29 is 4.39 Å². The van der Waals surface area contributed by atoms with Gasteiger partial charge in [0.1, 0.15) is 11.6 Å². The SMILES string of the molecule is CC(Cl)c1nc2cc(F)ccc2n1Cc1ccsc1. The van der Waals surface area contributed by atoms with E-state index in [1.807, 2.05) is 12.3 Å². The van der Waals surface area contributed by atoms with E-state index in [0.29, 0.717) is 12.1 Å². The van der Waals surface area contributed by atoms with Crippen molar-refractivity contribution in [1.82, 2.24) is 9.55 Å². The maximum atomic E-state index is 13.3. The molecule has 1 aromatic carbocycles. The zero-order valence-electron chi connectivity index (χ0n) is 10.3. The topological polar surface area (TPSA) is 17.8 Å². The van der Waals surface area contributed by atoms with E-state index < -0.39 is 0 Å². The predicted molar refractivity (Wildman–Crippen MR) is 77.4 cm³/mol. The summed E-state index contributed by atoms with van der Waals surface area (Å²) in [5, 5.41) is 3.92. The zero-order chi connectivity index (χ0) is 13.4. The first-order chi connectivity index (χ1) is 9.15. The molecule has 2 heterocycles. The van der Waals surface area contributed by atoms with Crippen molar-refractivity contribution in [2.75, 3.05) is 0 Å². The highest BCUT2D eigenvalue weighted by Gasteiger charge is 2.15. The molecule has 3 rings (SSSR count). The number of benzene rings is 1. The summed E-state index contributed by atoms with van der Waals surface area (Å²) in [5.41, 5.74) is 2.76. The molecule has 0 N–H and O–H groups in total. The predicted octanol–water partition coefficient (Wildman–Crippen LogP) is 4.59. The molecule has 0 aliphatic rings. The number of alkyl halides is 1. The highest BCUT2D eigenvalue weighted by Crippen LogP contribution is 2.26. The summed E-state index contributed by atoms with van der Waals surface area (Å²) in [5.74, 6) is 0.495. The standard InChI is InChI=1S/C14H12ClFN2S/c1-9(15)14-17-12-6-11(16)2-3-13(12)18(14)7-10-4-5-19-8-10/h2-6,8-9H,7H2,1H3. The van der Waals surface area contributed by atoms with Gasteiger partial charge in [-0.2, -0.15) is 11.3 Å². The van der Waals surface area contributed by atoms with Crippen molar-refractivity contribution >= 4 is 34.0 Å². The minimum atomic E-state index is -0.276. The molecule has 0 fully saturated rings. The van der Waals surface area contributed by atoms with Gasteiger partial charge in [0, 0.05) is 6.07 Å². The lowest BCUT2D eigenvalue weighted by Gasteiger charge is -2.09. The van der Waals surface area contributed by atoms with Gasteiger partial charge in [-0.1, -0.05) is 0 Å². The van der Waals surface area contributed by atoms with Crippen LogP contribution in [0.25, 0.3) is 11.0 Å². The number of fused-ring (bicyclic) bond motifs is 1. The first-order valence-corrected chi connectivity index (χ1v) is 7.34. The van der Waals surface area contributed by atoms with E-state index in [-0.39, 0.29) is 11.2 Å². The van der Waals surface area contributed by atoms with E-state index in [1.54, 1.807) is 17.4 Å². The van der Waals surface area contributed by atoms with Crippen LogP contribution in [0.15, 0.2) is 35.0 Å². The smallest absolute Gasteiger partial charge is 0.128 e. The molecule has 98 valence electrons. The molecule has 1 unspecified atom stereocenters. The molecule has 0 aliphatic carbocycles. The Morgan fingerprint density at radius 2 is 2.26 bits per heavy atom. The summed E-state index contributed by atoms with van der Waals surface area (Å²) < 4.78 is 15.3. The van der Waals surface area contributed by atoms with Crippen LogP contribution in [-0.4, -0.2) is 9.55 Å². The fraction of sp³-hybridized carbons (Fsp3) is 0.214. The second-order valence-corrected chi connectivity index (χ2v) is 5.87. The quantitative estimate of drug-likeness (QED) is 0.646. The summed E-state index contributed by atoms with van der Waals surface area (Å²) in [6.07, 6.45) is 0. The maximum absolute atomic E-state index is 13.3. The summed E-state index contributed by atoms with van der Waals surface area (Å²) in [6.45, 7) is 2.58. The number of thiophene rings is 1. The van der Waals surface area contributed by atoms with Crippen molar-refractivity contribution in [1.29, 1.82) is 0 Å². The summed E-state index contributed by atoms with van der Waals surface area (Å²) in [4.78, 5) is 4.45. The van der Waals surface area contributed by atoms with Crippen LogP contribution >= 0.6 is 22.9 Å². The van der Waals surface area contributed by atoms with Crippen molar-refractivity contribution in [3.63, 3.8) is 0 Å². The largest absolute Gasteiger partial charge is 0.322 e. The Labute approximate surface area is 119 Å². The molecule has 1 atom stereocenters. The van der Waals surface area contributed by atoms with E-state index in [4.69, 9.17) is 11.6 Å². The molecule has 0 spiro atoms. The number of imidazole rings is 1. The highest BCUT2D eigenvalue weighted by molar-refractivity contribution is 7.07. The second-order valence-electron chi connectivity index (χ2n) is 4.44. The number of halogens is 2. The molecule has 2 nitrogen and oxygen atoms in total. The first-order valence-electron chi connectivity index (χ1n) is 5.96. The van der Waals surface area contributed by atoms with Crippen molar-refractivity contribution in [3.05, 3.63) is 52.2 Å². The normalized spacial score (nSPS) is 13.0. The summed E-state index contributed by atoms with van der Waals surface area (Å²) >= 11 is 7.84. The number of nitrogens with zero attached hydrogens (tertiary/aromatic N) is 2. The van der Waals surface area contributed by atoms with Crippen LogP contribution in [0.1, 0.15) is 23.7 Å². The Bertz CT molecular complexity index is 704. The minimum absolute atomic E-state index is 0.214. The average Bonchev–Trinajstić information content (AvgIpc) is 2.97. The van der Waals surface area contributed by atoms with Gasteiger partial charge in [-0.3, -0.25) is 0 Å². The number of rotatable bonds is 3. The number of hydrogen-bond acceptors (Lipinski definition) is 2. The van der Waals surface area contributed by atoms with Gasteiger partial charge in [0.2, 0.25) is 0 Å². The molecule has 0 saturated carbocycles. The Morgan fingerprint density at radius 1 is 1.42 bits per heavy atom. The Morgan fingerprint density at radius 3 is 2.95 bits per heavy atom. The fourth-order valence-corrected chi connectivity index (χ4v) is 2.98. The first kappa shape index (κ1) is 12.6. The molecular weight excluding hydrogens is 283 g/mol. The fourth-order valence-electron chi connectivity index (χ4n) is 2.16. The summed E-state index contributed by atoms with van der Waals surface area (Å²) in [7, 11) is 0. The van der Waals surface area contributed by atoms with Crippen molar-refractivity contribution in [3.8, 4) is 0 Å². The van der Waals surface area contributed by atoms with Crippen LogP contribution in [0, 0.1) is 5.82 Å². The molecule has 0 radical (unpaired) electrons. The zero-order valence-corrected chi connectivity index (χ0v) is 11.9. The molecule has 0 bridgehead atoms. The monoisotopic (exact) mass is 294 g/mol. The summed E-state index contributed by atoms with van der Waals surface area (Å²) in [6, 6.07) is 6.73. The average molecular weight is 295 g/mol. The molecule has 19 heavy (non-hydrogen) atoms. The van der Waals surface area contributed by atoms with Gasteiger partial charge < -0.3 is 4.57 Å². The molecule has 3 aromatic rings. The van der Waals surface area contributed by atoms with Gasteiger partial charge >= 0.3 is 0 Å². The minimum Gasteiger partial charge on any atom is -0.322 e. The molecular formula is C14H12ClFN2S.